The zero-order valence-electron chi connectivity index (χ0n) is 14.2. The standard InChI is InChI=1S/C20H32N2/c1-16(22-19-9-5-3-2-4-6-10-19)14-17-11-12-20-18(15-17)8-7-13-21-20/h11-12,15-16,19,21-22H,2-10,13-14H2,1H3. The Hall–Kier alpha value is -1.02. The second-order valence-corrected chi connectivity index (χ2v) is 7.34. The molecule has 2 aliphatic rings. The van der Waals surface area contributed by atoms with Gasteiger partial charge < -0.3 is 10.6 Å². The molecule has 1 heterocycles. The molecule has 0 aromatic heterocycles. The number of fused-ring (bicyclic) bond motifs is 1. The van der Waals surface area contributed by atoms with Crippen molar-refractivity contribution in [3.8, 4) is 0 Å². The molecule has 3 rings (SSSR count). The molecule has 1 aliphatic heterocycles. The summed E-state index contributed by atoms with van der Waals surface area (Å²) in [5.74, 6) is 0. The Morgan fingerprint density at radius 1 is 1.09 bits per heavy atom. The third kappa shape index (κ3) is 4.49. The topological polar surface area (TPSA) is 24.1 Å². The molecule has 2 heteroatoms. The van der Waals surface area contributed by atoms with Gasteiger partial charge in [0.05, 0.1) is 0 Å². The maximum absolute atomic E-state index is 3.90. The Balaban J connectivity index is 1.53. The van der Waals surface area contributed by atoms with Gasteiger partial charge >= 0.3 is 0 Å². The van der Waals surface area contributed by atoms with E-state index in [-0.39, 0.29) is 0 Å². The molecule has 0 radical (unpaired) electrons. The fraction of sp³-hybridized carbons (Fsp3) is 0.700. The summed E-state index contributed by atoms with van der Waals surface area (Å²) >= 11 is 0. The van der Waals surface area contributed by atoms with Gasteiger partial charge in [-0.2, -0.15) is 0 Å². The molecule has 1 fully saturated rings. The molecule has 2 nitrogen and oxygen atoms in total. The van der Waals surface area contributed by atoms with E-state index in [2.05, 4.69) is 35.8 Å². The van der Waals surface area contributed by atoms with Gasteiger partial charge in [-0.3, -0.25) is 0 Å². The molecule has 2 N–H and O–H groups in total. The number of rotatable bonds is 4. The first-order chi connectivity index (χ1) is 10.8. The van der Waals surface area contributed by atoms with Crippen molar-refractivity contribution in [2.24, 2.45) is 0 Å². The molecule has 1 unspecified atom stereocenters. The molecule has 0 bridgehead atoms. The van der Waals surface area contributed by atoms with E-state index in [1.807, 2.05) is 0 Å². The van der Waals surface area contributed by atoms with Gasteiger partial charge in [-0.25, -0.2) is 0 Å². The van der Waals surface area contributed by atoms with Crippen molar-refractivity contribution in [2.45, 2.75) is 83.2 Å². The lowest BCUT2D eigenvalue weighted by molar-refractivity contribution is 0.358. The van der Waals surface area contributed by atoms with Crippen molar-refractivity contribution in [3.63, 3.8) is 0 Å². The smallest absolute Gasteiger partial charge is 0.0372 e. The summed E-state index contributed by atoms with van der Waals surface area (Å²) in [6, 6.07) is 8.35. The first-order valence-corrected chi connectivity index (χ1v) is 9.43. The molecule has 0 saturated heterocycles. The molecule has 0 amide bonds. The van der Waals surface area contributed by atoms with Crippen LogP contribution in [0.3, 0.4) is 0 Å². The van der Waals surface area contributed by atoms with E-state index in [4.69, 9.17) is 0 Å². The van der Waals surface area contributed by atoms with Crippen molar-refractivity contribution in [3.05, 3.63) is 29.3 Å². The van der Waals surface area contributed by atoms with Gasteiger partial charge in [0.25, 0.3) is 0 Å². The van der Waals surface area contributed by atoms with Crippen molar-refractivity contribution in [1.82, 2.24) is 5.32 Å². The van der Waals surface area contributed by atoms with Crippen LogP contribution in [0.5, 0.6) is 0 Å². The third-order valence-electron chi connectivity index (χ3n) is 5.28. The molecule has 0 spiro atoms. The minimum Gasteiger partial charge on any atom is -0.385 e. The SMILES string of the molecule is CC(Cc1ccc2c(c1)CCCN2)NC1CCCCCCC1. The number of hydrogen-bond acceptors (Lipinski definition) is 2. The zero-order valence-corrected chi connectivity index (χ0v) is 14.2. The minimum atomic E-state index is 0.582. The van der Waals surface area contributed by atoms with Crippen LogP contribution >= 0.6 is 0 Å². The minimum absolute atomic E-state index is 0.582. The van der Waals surface area contributed by atoms with Crippen LogP contribution in [-0.2, 0) is 12.8 Å². The van der Waals surface area contributed by atoms with Crippen molar-refractivity contribution in [2.75, 3.05) is 11.9 Å². The van der Waals surface area contributed by atoms with Crippen LogP contribution < -0.4 is 10.6 Å². The fourth-order valence-electron chi connectivity index (χ4n) is 4.09. The average molecular weight is 300 g/mol. The van der Waals surface area contributed by atoms with Crippen LogP contribution in [0.15, 0.2) is 18.2 Å². The van der Waals surface area contributed by atoms with Gasteiger partial charge in [-0.05, 0) is 56.2 Å². The van der Waals surface area contributed by atoms with E-state index >= 15 is 0 Å². The van der Waals surface area contributed by atoms with Crippen LogP contribution in [0.1, 0.15) is 69.4 Å². The monoisotopic (exact) mass is 300 g/mol. The van der Waals surface area contributed by atoms with E-state index in [9.17, 15) is 0 Å². The van der Waals surface area contributed by atoms with Gasteiger partial charge in [0.15, 0.2) is 0 Å². The number of nitrogens with one attached hydrogen (secondary N) is 2. The molecule has 1 aromatic carbocycles. The molecule has 122 valence electrons. The van der Waals surface area contributed by atoms with E-state index in [1.165, 1.54) is 74.6 Å². The molecular weight excluding hydrogens is 268 g/mol. The predicted octanol–water partition coefficient (Wildman–Crippen LogP) is 4.68. The van der Waals surface area contributed by atoms with Crippen LogP contribution in [0, 0.1) is 0 Å². The third-order valence-corrected chi connectivity index (χ3v) is 5.28. The lowest BCUT2D eigenvalue weighted by Crippen LogP contribution is -2.38. The largest absolute Gasteiger partial charge is 0.385 e. The first kappa shape index (κ1) is 15.9. The molecule has 22 heavy (non-hydrogen) atoms. The molecule has 1 aromatic rings. The Morgan fingerprint density at radius 2 is 1.86 bits per heavy atom. The van der Waals surface area contributed by atoms with Gasteiger partial charge in [0, 0.05) is 24.3 Å². The van der Waals surface area contributed by atoms with Crippen LogP contribution in [-0.4, -0.2) is 18.6 Å². The molecule has 1 saturated carbocycles. The number of hydrogen-bond donors (Lipinski definition) is 2. The summed E-state index contributed by atoms with van der Waals surface area (Å²) in [6.07, 6.45) is 13.6. The fourth-order valence-corrected chi connectivity index (χ4v) is 4.09. The highest BCUT2D eigenvalue weighted by Crippen LogP contribution is 2.24. The predicted molar refractivity (Wildman–Crippen MR) is 95.7 cm³/mol. The number of anilines is 1. The van der Waals surface area contributed by atoms with Crippen molar-refractivity contribution < 1.29 is 0 Å². The van der Waals surface area contributed by atoms with Crippen LogP contribution in [0.25, 0.3) is 0 Å². The summed E-state index contributed by atoms with van der Waals surface area (Å²) in [7, 11) is 0. The van der Waals surface area contributed by atoms with E-state index in [1.54, 1.807) is 0 Å². The molecule has 1 aliphatic carbocycles. The average Bonchev–Trinajstić information content (AvgIpc) is 2.50. The summed E-state index contributed by atoms with van der Waals surface area (Å²) < 4.78 is 0. The second kappa shape index (κ2) is 8.01. The van der Waals surface area contributed by atoms with Crippen molar-refractivity contribution in [1.29, 1.82) is 0 Å². The Morgan fingerprint density at radius 3 is 2.68 bits per heavy atom. The van der Waals surface area contributed by atoms with Gasteiger partial charge in [-0.15, -0.1) is 0 Å². The highest BCUT2D eigenvalue weighted by molar-refractivity contribution is 5.54. The quantitative estimate of drug-likeness (QED) is 0.844. The lowest BCUT2D eigenvalue weighted by atomic mass is 9.95. The highest BCUT2D eigenvalue weighted by atomic mass is 14.9. The lowest BCUT2D eigenvalue weighted by Gasteiger charge is -2.26. The van der Waals surface area contributed by atoms with Gasteiger partial charge in [0.2, 0.25) is 0 Å². The van der Waals surface area contributed by atoms with Crippen molar-refractivity contribution >= 4 is 5.69 Å². The van der Waals surface area contributed by atoms with Crippen LogP contribution in [0.2, 0.25) is 0 Å². The normalized spacial score (nSPS) is 21.3. The highest BCUT2D eigenvalue weighted by Gasteiger charge is 2.15. The number of benzene rings is 1. The summed E-state index contributed by atoms with van der Waals surface area (Å²) in [5, 5.41) is 7.41. The van der Waals surface area contributed by atoms with E-state index < -0.39 is 0 Å². The van der Waals surface area contributed by atoms with Gasteiger partial charge in [0.1, 0.15) is 0 Å². The summed E-state index contributed by atoms with van der Waals surface area (Å²) in [4.78, 5) is 0. The van der Waals surface area contributed by atoms with Crippen LogP contribution in [0.4, 0.5) is 5.69 Å². The second-order valence-electron chi connectivity index (χ2n) is 7.34. The summed E-state index contributed by atoms with van der Waals surface area (Å²) in [5.41, 5.74) is 4.37. The Labute approximate surface area is 136 Å². The van der Waals surface area contributed by atoms with E-state index in [0.717, 1.165) is 19.0 Å². The zero-order chi connectivity index (χ0) is 15.2. The summed E-state index contributed by atoms with van der Waals surface area (Å²) in [6.45, 7) is 3.49. The van der Waals surface area contributed by atoms with Gasteiger partial charge in [-0.1, -0.05) is 44.2 Å². The molecule has 1 atom stereocenters. The maximum Gasteiger partial charge on any atom is 0.0372 e. The Bertz CT molecular complexity index is 461. The maximum atomic E-state index is 3.90. The first-order valence-electron chi connectivity index (χ1n) is 9.43. The van der Waals surface area contributed by atoms with E-state index in [0.29, 0.717) is 6.04 Å². The number of aryl methyl sites for hydroxylation is 1. The Kier molecular flexibility index (Phi) is 5.77. The molecular formula is C20H32N2.